The van der Waals surface area contributed by atoms with Crippen LogP contribution in [0, 0.1) is 6.92 Å². The van der Waals surface area contributed by atoms with Crippen molar-refractivity contribution in [1.82, 2.24) is 9.78 Å². The van der Waals surface area contributed by atoms with Crippen molar-refractivity contribution in [3.05, 3.63) is 68.8 Å². The molecular formula is C19H15Cl3N2O2. The fourth-order valence-electron chi connectivity index (χ4n) is 2.72. The number of aromatic nitrogens is 2. The Labute approximate surface area is 166 Å². The second-order valence-electron chi connectivity index (χ2n) is 5.54. The first-order valence-corrected chi connectivity index (χ1v) is 9.04. The predicted octanol–water partition coefficient (Wildman–Crippen LogP) is 5.98. The summed E-state index contributed by atoms with van der Waals surface area (Å²) >= 11 is 18.8. The molecule has 0 radical (unpaired) electrons. The molecule has 0 amide bonds. The molecule has 0 spiro atoms. The third-order valence-electron chi connectivity index (χ3n) is 3.83. The van der Waals surface area contributed by atoms with Crippen LogP contribution in [0.3, 0.4) is 0 Å². The van der Waals surface area contributed by atoms with E-state index in [4.69, 9.17) is 39.5 Å². The summed E-state index contributed by atoms with van der Waals surface area (Å²) in [4.78, 5) is 12.3. The first-order valence-electron chi connectivity index (χ1n) is 7.91. The molecule has 26 heavy (non-hydrogen) atoms. The molecule has 0 N–H and O–H groups in total. The summed E-state index contributed by atoms with van der Waals surface area (Å²) in [5.74, 6) is -0.498. The van der Waals surface area contributed by atoms with E-state index in [-0.39, 0.29) is 12.3 Å². The van der Waals surface area contributed by atoms with Crippen LogP contribution in [0.15, 0.2) is 42.5 Å². The van der Waals surface area contributed by atoms with Gasteiger partial charge in [-0.3, -0.25) is 0 Å². The van der Waals surface area contributed by atoms with Crippen LogP contribution in [-0.4, -0.2) is 22.4 Å². The van der Waals surface area contributed by atoms with E-state index in [1.165, 1.54) is 0 Å². The maximum absolute atomic E-state index is 12.3. The lowest BCUT2D eigenvalue weighted by molar-refractivity contribution is 0.0518. The molecule has 2 aromatic carbocycles. The number of ether oxygens (including phenoxy) is 1. The Kier molecular flexibility index (Phi) is 5.56. The van der Waals surface area contributed by atoms with E-state index in [1.807, 2.05) is 37.3 Å². The number of halogens is 3. The summed E-state index contributed by atoms with van der Waals surface area (Å²) in [6.45, 7) is 3.82. The molecule has 0 atom stereocenters. The van der Waals surface area contributed by atoms with Crippen LogP contribution in [0.25, 0.3) is 16.9 Å². The van der Waals surface area contributed by atoms with Gasteiger partial charge in [0.25, 0.3) is 0 Å². The van der Waals surface area contributed by atoms with Crippen LogP contribution in [0.1, 0.15) is 23.0 Å². The Morgan fingerprint density at radius 2 is 1.73 bits per heavy atom. The number of benzene rings is 2. The van der Waals surface area contributed by atoms with E-state index in [1.54, 1.807) is 23.7 Å². The minimum atomic E-state index is -0.498. The normalized spacial score (nSPS) is 10.8. The molecule has 1 aromatic heterocycles. The number of rotatable bonds is 4. The van der Waals surface area contributed by atoms with Crippen molar-refractivity contribution >= 4 is 40.8 Å². The van der Waals surface area contributed by atoms with Gasteiger partial charge in [0, 0.05) is 16.1 Å². The average molecular weight is 410 g/mol. The second-order valence-corrected chi connectivity index (χ2v) is 6.79. The summed E-state index contributed by atoms with van der Waals surface area (Å²) < 4.78 is 6.69. The topological polar surface area (TPSA) is 44.1 Å². The third kappa shape index (κ3) is 3.45. The molecule has 0 saturated heterocycles. The van der Waals surface area contributed by atoms with Crippen LogP contribution in [0.5, 0.6) is 0 Å². The highest BCUT2D eigenvalue weighted by atomic mass is 35.5. The van der Waals surface area contributed by atoms with Crippen molar-refractivity contribution in [3.63, 3.8) is 0 Å². The van der Waals surface area contributed by atoms with Crippen molar-refractivity contribution in [2.24, 2.45) is 0 Å². The largest absolute Gasteiger partial charge is 0.461 e. The van der Waals surface area contributed by atoms with E-state index in [0.29, 0.717) is 32.0 Å². The second kappa shape index (κ2) is 7.70. The molecule has 3 aromatic rings. The lowest BCUT2D eigenvalue weighted by Gasteiger charge is -2.12. The van der Waals surface area contributed by atoms with Gasteiger partial charge in [-0.15, -0.1) is 0 Å². The van der Waals surface area contributed by atoms with Crippen LogP contribution in [0.4, 0.5) is 0 Å². The van der Waals surface area contributed by atoms with Crippen molar-refractivity contribution < 1.29 is 9.53 Å². The Morgan fingerprint density at radius 1 is 1.12 bits per heavy atom. The lowest BCUT2D eigenvalue weighted by atomic mass is 10.1. The van der Waals surface area contributed by atoms with Gasteiger partial charge in [0.1, 0.15) is 5.69 Å². The van der Waals surface area contributed by atoms with Crippen LogP contribution < -0.4 is 0 Å². The summed E-state index contributed by atoms with van der Waals surface area (Å²) in [5, 5.41) is 5.53. The first-order chi connectivity index (χ1) is 12.4. The fourth-order valence-corrected chi connectivity index (χ4v) is 3.70. The molecule has 0 aliphatic heterocycles. The third-order valence-corrected chi connectivity index (χ3v) is 4.63. The smallest absolute Gasteiger partial charge is 0.359 e. The zero-order chi connectivity index (χ0) is 18.8. The Hall–Kier alpha value is -2.01. The van der Waals surface area contributed by atoms with E-state index in [2.05, 4.69) is 5.10 Å². The quantitative estimate of drug-likeness (QED) is 0.497. The minimum absolute atomic E-state index is 0.216. The molecule has 0 fully saturated rings. The van der Waals surface area contributed by atoms with Gasteiger partial charge in [-0.2, -0.15) is 5.10 Å². The Bertz CT molecular complexity index is 945. The van der Waals surface area contributed by atoms with Gasteiger partial charge in [0.2, 0.25) is 0 Å². The molecule has 0 aliphatic rings. The van der Waals surface area contributed by atoms with E-state index >= 15 is 0 Å². The number of esters is 1. The van der Waals surface area contributed by atoms with Gasteiger partial charge in [0.15, 0.2) is 5.69 Å². The molecule has 0 bridgehead atoms. The zero-order valence-electron chi connectivity index (χ0n) is 14.1. The first kappa shape index (κ1) is 18.8. The fraction of sp³-hybridized carbons (Fsp3) is 0.158. The van der Waals surface area contributed by atoms with Gasteiger partial charge in [0.05, 0.1) is 22.3 Å². The minimum Gasteiger partial charge on any atom is -0.461 e. The molecule has 0 unspecified atom stereocenters. The maximum Gasteiger partial charge on any atom is 0.359 e. The summed E-state index contributed by atoms with van der Waals surface area (Å²) in [7, 11) is 0. The number of hydrogen-bond donors (Lipinski definition) is 0. The van der Waals surface area contributed by atoms with Crippen molar-refractivity contribution in [1.29, 1.82) is 0 Å². The lowest BCUT2D eigenvalue weighted by Crippen LogP contribution is -2.08. The highest BCUT2D eigenvalue weighted by Gasteiger charge is 2.25. The van der Waals surface area contributed by atoms with Gasteiger partial charge < -0.3 is 4.74 Å². The van der Waals surface area contributed by atoms with Crippen molar-refractivity contribution in [2.75, 3.05) is 6.61 Å². The van der Waals surface area contributed by atoms with Gasteiger partial charge >= 0.3 is 5.97 Å². The van der Waals surface area contributed by atoms with E-state index < -0.39 is 5.97 Å². The predicted molar refractivity (Wildman–Crippen MR) is 105 cm³/mol. The van der Waals surface area contributed by atoms with E-state index in [9.17, 15) is 4.79 Å². The summed E-state index contributed by atoms with van der Waals surface area (Å²) in [6, 6.07) is 12.7. The molecule has 4 nitrogen and oxygen atoms in total. The van der Waals surface area contributed by atoms with Crippen molar-refractivity contribution in [3.8, 4) is 16.9 Å². The average Bonchev–Trinajstić information content (AvgIpc) is 2.92. The molecule has 7 heteroatoms. The number of nitrogens with zero attached hydrogens (tertiary/aromatic N) is 2. The molecule has 0 aliphatic carbocycles. The SMILES string of the molecule is CCOC(=O)c1nn(-c2c(Cl)cc(Cl)cc2Cl)c(-c2ccccc2)c1C. The standard InChI is InChI=1S/C19H15Cl3N2O2/c1-3-26-19(25)16-11(2)17(12-7-5-4-6-8-12)24(23-16)18-14(21)9-13(20)10-15(18)22/h4-10H,3H2,1-2H3. The summed E-state index contributed by atoms with van der Waals surface area (Å²) in [6.07, 6.45) is 0. The Morgan fingerprint density at radius 3 is 2.31 bits per heavy atom. The Balaban J connectivity index is 2.31. The highest BCUT2D eigenvalue weighted by molar-refractivity contribution is 6.40. The van der Waals surface area contributed by atoms with Crippen LogP contribution in [0.2, 0.25) is 15.1 Å². The molecule has 3 rings (SSSR count). The van der Waals surface area contributed by atoms with Gasteiger partial charge in [-0.25, -0.2) is 9.48 Å². The summed E-state index contributed by atoms with van der Waals surface area (Å²) in [5.41, 5.74) is 2.93. The van der Waals surface area contributed by atoms with E-state index in [0.717, 1.165) is 5.56 Å². The van der Waals surface area contributed by atoms with Crippen molar-refractivity contribution in [2.45, 2.75) is 13.8 Å². The number of carbonyl (C=O) groups excluding carboxylic acids is 1. The number of hydrogen-bond acceptors (Lipinski definition) is 3. The highest BCUT2D eigenvalue weighted by Crippen LogP contribution is 2.37. The van der Waals surface area contributed by atoms with Crippen LogP contribution >= 0.6 is 34.8 Å². The van der Waals surface area contributed by atoms with Crippen LogP contribution in [-0.2, 0) is 4.74 Å². The van der Waals surface area contributed by atoms with Gasteiger partial charge in [-0.05, 0) is 26.0 Å². The molecule has 0 saturated carbocycles. The maximum atomic E-state index is 12.3. The zero-order valence-corrected chi connectivity index (χ0v) is 16.4. The monoisotopic (exact) mass is 408 g/mol. The molecule has 1 heterocycles. The molecule has 134 valence electrons. The van der Waals surface area contributed by atoms with Gasteiger partial charge in [-0.1, -0.05) is 65.1 Å². The number of carbonyl (C=O) groups is 1. The molecular weight excluding hydrogens is 395 g/mol.